The van der Waals surface area contributed by atoms with Gasteiger partial charge in [0.15, 0.2) is 5.84 Å². The molecule has 0 spiro atoms. The molecule has 0 unspecified atom stereocenters. The summed E-state index contributed by atoms with van der Waals surface area (Å²) in [6.45, 7) is 4.13. The first-order valence-electron chi connectivity index (χ1n) is 3.93. The van der Waals surface area contributed by atoms with Crippen LogP contribution in [0.15, 0.2) is 17.1 Å². The molecule has 0 radical (unpaired) electrons. The Balaban J connectivity index is 2.69. The fraction of sp³-hybridized carbons (Fsp3) is 0.200. The highest BCUT2D eigenvalue weighted by molar-refractivity contribution is 6.14. The van der Waals surface area contributed by atoms with Crippen LogP contribution < -0.4 is 0 Å². The highest BCUT2D eigenvalue weighted by Crippen LogP contribution is 2.19. The van der Waals surface area contributed by atoms with Gasteiger partial charge in [-0.1, -0.05) is 0 Å². The summed E-state index contributed by atoms with van der Waals surface area (Å²) in [4.78, 5) is 3.94. The minimum Gasteiger partial charge on any atom is -0.282 e. The van der Waals surface area contributed by atoms with Crippen molar-refractivity contribution in [2.24, 2.45) is 4.99 Å². The molecule has 2 rings (SSSR count). The van der Waals surface area contributed by atoms with E-state index >= 15 is 0 Å². The molecule has 0 amide bonds. The summed E-state index contributed by atoms with van der Waals surface area (Å²) in [5.41, 5.74) is 4.51. The van der Waals surface area contributed by atoms with Crippen molar-refractivity contribution < 1.29 is 0 Å². The van der Waals surface area contributed by atoms with Crippen molar-refractivity contribution in [1.82, 2.24) is 0 Å². The third-order valence-corrected chi connectivity index (χ3v) is 2.25. The van der Waals surface area contributed by atoms with Gasteiger partial charge >= 0.3 is 0 Å². The van der Waals surface area contributed by atoms with Gasteiger partial charge in [0.25, 0.3) is 0 Å². The average molecular weight is 158 g/mol. The standard InChI is InChI=1S/C10H10N2/c1-6-3-8-5-12-10(11)9(8)4-7(6)2/h3-5,11H,1-2H3. The van der Waals surface area contributed by atoms with Crippen molar-refractivity contribution in [3.05, 3.63) is 34.4 Å². The Kier molecular flexibility index (Phi) is 1.37. The molecule has 0 aromatic heterocycles. The predicted octanol–water partition coefficient (Wildman–Crippen LogP) is 2.06. The predicted molar refractivity (Wildman–Crippen MR) is 50.3 cm³/mol. The quantitative estimate of drug-likeness (QED) is 0.600. The normalized spacial score (nSPS) is 13.7. The molecule has 1 heterocycles. The average Bonchev–Trinajstić information content (AvgIpc) is 2.35. The zero-order chi connectivity index (χ0) is 8.72. The van der Waals surface area contributed by atoms with E-state index < -0.39 is 0 Å². The number of aryl methyl sites for hydroxylation is 2. The molecular formula is C10H10N2. The minimum atomic E-state index is 0.383. The van der Waals surface area contributed by atoms with E-state index in [1.165, 1.54) is 11.1 Å². The number of nitrogens with one attached hydrogen (secondary N) is 1. The van der Waals surface area contributed by atoms with E-state index in [2.05, 4.69) is 24.9 Å². The lowest BCUT2D eigenvalue weighted by atomic mass is 10.0. The highest BCUT2D eigenvalue weighted by Gasteiger charge is 2.12. The van der Waals surface area contributed by atoms with Gasteiger partial charge in [-0.05, 0) is 37.1 Å². The first-order valence-corrected chi connectivity index (χ1v) is 3.93. The lowest BCUT2D eigenvalue weighted by molar-refractivity contribution is 1.32. The van der Waals surface area contributed by atoms with Crippen molar-refractivity contribution in [1.29, 1.82) is 5.41 Å². The van der Waals surface area contributed by atoms with E-state index in [-0.39, 0.29) is 0 Å². The summed E-state index contributed by atoms with van der Waals surface area (Å²) in [6, 6.07) is 4.11. The van der Waals surface area contributed by atoms with Gasteiger partial charge in [0.2, 0.25) is 0 Å². The molecule has 0 fully saturated rings. The third kappa shape index (κ3) is 0.881. The molecule has 0 bridgehead atoms. The van der Waals surface area contributed by atoms with Crippen molar-refractivity contribution in [3.63, 3.8) is 0 Å². The molecule has 0 aliphatic carbocycles. The van der Waals surface area contributed by atoms with Crippen LogP contribution in [-0.4, -0.2) is 12.1 Å². The van der Waals surface area contributed by atoms with Gasteiger partial charge < -0.3 is 0 Å². The number of amidine groups is 1. The van der Waals surface area contributed by atoms with Crippen LogP contribution >= 0.6 is 0 Å². The fourth-order valence-corrected chi connectivity index (χ4v) is 1.35. The van der Waals surface area contributed by atoms with E-state index in [9.17, 15) is 0 Å². The second kappa shape index (κ2) is 2.27. The number of nitrogens with zero attached hydrogens (tertiary/aromatic N) is 1. The second-order valence-corrected chi connectivity index (χ2v) is 3.13. The van der Waals surface area contributed by atoms with Gasteiger partial charge in [-0.3, -0.25) is 5.41 Å². The first kappa shape index (κ1) is 7.22. The summed E-state index contributed by atoms with van der Waals surface area (Å²) in [5, 5.41) is 7.50. The van der Waals surface area contributed by atoms with Crippen molar-refractivity contribution >= 4 is 12.1 Å². The van der Waals surface area contributed by atoms with Crippen molar-refractivity contribution in [2.75, 3.05) is 0 Å². The third-order valence-electron chi connectivity index (χ3n) is 2.25. The largest absolute Gasteiger partial charge is 0.282 e. The Bertz CT molecular complexity index is 389. The molecule has 12 heavy (non-hydrogen) atoms. The first-order chi connectivity index (χ1) is 5.68. The number of aliphatic imine (C=N–C) groups is 1. The fourth-order valence-electron chi connectivity index (χ4n) is 1.35. The Morgan fingerprint density at radius 3 is 2.58 bits per heavy atom. The molecule has 0 saturated carbocycles. The molecule has 0 atom stereocenters. The number of fused-ring (bicyclic) bond motifs is 1. The van der Waals surface area contributed by atoms with Crippen LogP contribution in [0.4, 0.5) is 0 Å². The van der Waals surface area contributed by atoms with Crippen LogP contribution in [0.1, 0.15) is 22.3 Å². The smallest absolute Gasteiger partial charge is 0.152 e. The second-order valence-electron chi connectivity index (χ2n) is 3.13. The summed E-state index contributed by atoms with van der Waals surface area (Å²) >= 11 is 0. The zero-order valence-corrected chi connectivity index (χ0v) is 7.18. The molecular weight excluding hydrogens is 148 g/mol. The van der Waals surface area contributed by atoms with Crippen LogP contribution in [-0.2, 0) is 0 Å². The minimum absolute atomic E-state index is 0.383. The Hall–Kier alpha value is -1.44. The van der Waals surface area contributed by atoms with Gasteiger partial charge in [0, 0.05) is 17.3 Å². The Labute approximate surface area is 71.5 Å². The van der Waals surface area contributed by atoms with Gasteiger partial charge in [0.05, 0.1) is 0 Å². The molecule has 60 valence electrons. The van der Waals surface area contributed by atoms with E-state index in [4.69, 9.17) is 5.41 Å². The maximum atomic E-state index is 7.50. The maximum absolute atomic E-state index is 7.50. The highest BCUT2D eigenvalue weighted by atomic mass is 14.8. The summed E-state index contributed by atoms with van der Waals surface area (Å²) in [7, 11) is 0. The Morgan fingerprint density at radius 2 is 1.83 bits per heavy atom. The van der Waals surface area contributed by atoms with Crippen LogP contribution in [0.2, 0.25) is 0 Å². The number of benzene rings is 1. The lowest BCUT2D eigenvalue weighted by Crippen LogP contribution is -1.94. The van der Waals surface area contributed by atoms with Crippen molar-refractivity contribution in [2.45, 2.75) is 13.8 Å². The molecule has 0 saturated heterocycles. The topological polar surface area (TPSA) is 36.2 Å². The lowest BCUT2D eigenvalue weighted by Gasteiger charge is -2.02. The molecule has 2 heteroatoms. The maximum Gasteiger partial charge on any atom is 0.152 e. The number of hydrogen-bond donors (Lipinski definition) is 1. The summed E-state index contributed by atoms with van der Waals surface area (Å²) < 4.78 is 0. The summed E-state index contributed by atoms with van der Waals surface area (Å²) in [5.74, 6) is 0.383. The molecule has 1 aliphatic rings. The SMILES string of the molecule is Cc1cc2c(cc1C)C(=N)N=C2. The molecule has 1 aromatic rings. The number of hydrogen-bond acceptors (Lipinski definition) is 1. The molecule has 1 N–H and O–H groups in total. The van der Waals surface area contributed by atoms with Gasteiger partial charge in [-0.25, -0.2) is 4.99 Å². The van der Waals surface area contributed by atoms with E-state index in [0.29, 0.717) is 5.84 Å². The molecule has 2 nitrogen and oxygen atoms in total. The monoisotopic (exact) mass is 158 g/mol. The van der Waals surface area contributed by atoms with Gasteiger partial charge in [-0.15, -0.1) is 0 Å². The number of rotatable bonds is 0. The van der Waals surface area contributed by atoms with Gasteiger partial charge in [-0.2, -0.15) is 0 Å². The van der Waals surface area contributed by atoms with Crippen molar-refractivity contribution in [3.8, 4) is 0 Å². The van der Waals surface area contributed by atoms with Crippen LogP contribution in [0.25, 0.3) is 0 Å². The van der Waals surface area contributed by atoms with Crippen LogP contribution in [0.3, 0.4) is 0 Å². The molecule has 1 aromatic carbocycles. The van der Waals surface area contributed by atoms with Gasteiger partial charge in [0.1, 0.15) is 0 Å². The van der Waals surface area contributed by atoms with Crippen LogP contribution in [0.5, 0.6) is 0 Å². The van der Waals surface area contributed by atoms with E-state index in [0.717, 1.165) is 11.1 Å². The Morgan fingerprint density at radius 1 is 1.17 bits per heavy atom. The van der Waals surface area contributed by atoms with E-state index in [1.807, 2.05) is 6.07 Å². The zero-order valence-electron chi connectivity index (χ0n) is 7.18. The van der Waals surface area contributed by atoms with Crippen LogP contribution in [0, 0.1) is 19.3 Å². The molecule has 1 aliphatic heterocycles. The summed E-state index contributed by atoms with van der Waals surface area (Å²) in [6.07, 6.45) is 1.75. The van der Waals surface area contributed by atoms with E-state index in [1.54, 1.807) is 6.21 Å².